The molecule has 0 bridgehead atoms. The molecule has 0 unspecified atom stereocenters. The first-order chi connectivity index (χ1) is 7.80. The summed E-state index contributed by atoms with van der Waals surface area (Å²) in [6.45, 7) is 1.12. The molecule has 0 amide bonds. The van der Waals surface area contributed by atoms with Crippen LogP contribution in [0.15, 0.2) is 29.3 Å². The van der Waals surface area contributed by atoms with Crippen molar-refractivity contribution in [1.29, 1.82) is 0 Å². The van der Waals surface area contributed by atoms with E-state index in [1.165, 1.54) is 6.07 Å². The van der Waals surface area contributed by atoms with Crippen molar-refractivity contribution in [2.45, 2.75) is 11.9 Å². The van der Waals surface area contributed by atoms with Crippen LogP contribution in [0.3, 0.4) is 0 Å². The van der Waals surface area contributed by atoms with Gasteiger partial charge in [-0.15, -0.1) is 0 Å². The van der Waals surface area contributed by atoms with Gasteiger partial charge in [0.1, 0.15) is 5.82 Å². The number of hydrogen-bond acceptors (Lipinski definition) is 3. The molecule has 0 spiro atoms. The van der Waals surface area contributed by atoms with E-state index < -0.39 is 26.9 Å². The molecule has 0 saturated heterocycles. The molecule has 2 aromatic rings. The standard InChI is InChI=1S/C10H8FNO4S.Na.H/c1-6(13)12-9-5-8(11)3-2-7(9)4-10(12)17(14,15)16;;/h2-5H,1H3,(H,14,15,16);;. The van der Waals surface area contributed by atoms with E-state index in [1.807, 2.05) is 0 Å². The molecule has 0 fully saturated rings. The van der Waals surface area contributed by atoms with Gasteiger partial charge >= 0.3 is 39.7 Å². The van der Waals surface area contributed by atoms with Crippen molar-refractivity contribution >= 4 is 56.5 Å². The fourth-order valence-corrected chi connectivity index (χ4v) is 2.40. The van der Waals surface area contributed by atoms with Crippen molar-refractivity contribution < 1.29 is 22.2 Å². The summed E-state index contributed by atoms with van der Waals surface area (Å²) in [6, 6.07) is 4.62. The Kier molecular flexibility index (Phi) is 4.34. The maximum atomic E-state index is 13.0. The van der Waals surface area contributed by atoms with Gasteiger partial charge in [-0.25, -0.2) is 4.39 Å². The van der Waals surface area contributed by atoms with Gasteiger partial charge in [0, 0.05) is 12.3 Å². The van der Waals surface area contributed by atoms with Crippen molar-refractivity contribution in [3.05, 3.63) is 30.1 Å². The average Bonchev–Trinajstić information content (AvgIpc) is 2.55. The molecule has 0 aliphatic carbocycles. The fourth-order valence-electron chi connectivity index (χ4n) is 1.66. The van der Waals surface area contributed by atoms with E-state index in [-0.39, 0.29) is 35.1 Å². The van der Waals surface area contributed by atoms with Crippen LogP contribution in [0.1, 0.15) is 11.7 Å². The van der Waals surface area contributed by atoms with E-state index in [4.69, 9.17) is 4.55 Å². The Morgan fingerprint density at radius 1 is 1.33 bits per heavy atom. The Morgan fingerprint density at radius 2 is 1.94 bits per heavy atom. The minimum atomic E-state index is -4.53. The number of carbonyl (C=O) groups excluding carboxylic acids is 1. The molecule has 0 radical (unpaired) electrons. The first-order valence-electron chi connectivity index (χ1n) is 4.60. The van der Waals surface area contributed by atoms with Crippen molar-refractivity contribution in [1.82, 2.24) is 4.57 Å². The second kappa shape index (κ2) is 5.10. The van der Waals surface area contributed by atoms with Crippen LogP contribution in [0.5, 0.6) is 0 Å². The number of benzene rings is 1. The van der Waals surface area contributed by atoms with Gasteiger partial charge in [-0.1, -0.05) is 0 Å². The zero-order valence-corrected chi connectivity index (χ0v) is 9.53. The second-order valence-electron chi connectivity index (χ2n) is 3.52. The number of carbonyl (C=O) groups is 1. The molecule has 0 atom stereocenters. The quantitative estimate of drug-likeness (QED) is 0.626. The normalized spacial score (nSPS) is 11.3. The molecule has 1 heterocycles. The molecule has 1 aromatic heterocycles. The van der Waals surface area contributed by atoms with E-state index in [0.717, 1.165) is 29.7 Å². The maximum absolute atomic E-state index is 13.0. The molecule has 0 aliphatic rings. The molecule has 1 aromatic carbocycles. The Labute approximate surface area is 125 Å². The van der Waals surface area contributed by atoms with Crippen molar-refractivity contribution in [2.75, 3.05) is 0 Å². The average molecular weight is 281 g/mol. The monoisotopic (exact) mass is 281 g/mol. The third kappa shape index (κ3) is 2.65. The zero-order valence-electron chi connectivity index (χ0n) is 8.71. The van der Waals surface area contributed by atoms with E-state index in [9.17, 15) is 17.6 Å². The van der Waals surface area contributed by atoms with Crippen LogP contribution in [0.2, 0.25) is 0 Å². The summed E-state index contributed by atoms with van der Waals surface area (Å²) in [5.41, 5.74) is 0.102. The van der Waals surface area contributed by atoms with E-state index >= 15 is 0 Å². The van der Waals surface area contributed by atoms with Crippen molar-refractivity contribution in [3.8, 4) is 0 Å². The molecule has 92 valence electrons. The Hall–Kier alpha value is -0.730. The van der Waals surface area contributed by atoms with Gasteiger partial charge in [-0.3, -0.25) is 13.9 Å². The van der Waals surface area contributed by atoms with Gasteiger partial charge in [0.05, 0.1) is 5.52 Å². The molecule has 0 saturated carbocycles. The summed E-state index contributed by atoms with van der Waals surface area (Å²) < 4.78 is 45.0. The van der Waals surface area contributed by atoms with Gasteiger partial charge in [-0.2, -0.15) is 8.42 Å². The summed E-state index contributed by atoms with van der Waals surface area (Å²) in [4.78, 5) is 11.4. The van der Waals surface area contributed by atoms with E-state index in [0.29, 0.717) is 5.39 Å². The van der Waals surface area contributed by atoms with Gasteiger partial charge in [-0.05, 0) is 24.3 Å². The summed E-state index contributed by atoms with van der Waals surface area (Å²) in [6.07, 6.45) is 0. The molecule has 8 heteroatoms. The number of rotatable bonds is 1. The zero-order chi connectivity index (χ0) is 12.8. The molecule has 5 nitrogen and oxygen atoms in total. The first kappa shape index (κ1) is 15.3. The van der Waals surface area contributed by atoms with Crippen molar-refractivity contribution in [3.63, 3.8) is 0 Å². The van der Waals surface area contributed by atoms with Gasteiger partial charge in [0.15, 0.2) is 5.03 Å². The molecule has 18 heavy (non-hydrogen) atoms. The van der Waals surface area contributed by atoms with E-state index in [1.54, 1.807) is 0 Å². The number of halogens is 1. The predicted octanol–water partition coefficient (Wildman–Crippen LogP) is 1.04. The van der Waals surface area contributed by atoms with Crippen molar-refractivity contribution in [2.24, 2.45) is 0 Å². The van der Waals surface area contributed by atoms with Crippen LogP contribution in [0, 0.1) is 5.82 Å². The molecule has 0 aliphatic heterocycles. The van der Waals surface area contributed by atoms with E-state index in [2.05, 4.69) is 0 Å². The number of fused-ring (bicyclic) bond motifs is 1. The van der Waals surface area contributed by atoms with Crippen LogP contribution in [-0.4, -0.2) is 53.0 Å². The van der Waals surface area contributed by atoms with Crippen LogP contribution in [-0.2, 0) is 10.1 Å². The number of hydrogen-bond donors (Lipinski definition) is 1. The summed E-state index contributed by atoms with van der Waals surface area (Å²) in [5.74, 6) is -1.22. The predicted molar refractivity (Wildman–Crippen MR) is 65.2 cm³/mol. The third-order valence-corrected chi connectivity index (χ3v) is 3.14. The fraction of sp³-hybridized carbons (Fsp3) is 0.100. The first-order valence-corrected chi connectivity index (χ1v) is 6.04. The Bertz CT molecular complexity index is 723. The second-order valence-corrected chi connectivity index (χ2v) is 4.88. The minimum absolute atomic E-state index is 0. The van der Waals surface area contributed by atoms with Crippen LogP contribution in [0.25, 0.3) is 10.9 Å². The number of aromatic nitrogens is 1. The van der Waals surface area contributed by atoms with Gasteiger partial charge in [0.2, 0.25) is 5.91 Å². The molecular formula is C10H9FNNaO4S. The Balaban J connectivity index is 0.00000162. The van der Waals surface area contributed by atoms with Crippen LogP contribution < -0.4 is 0 Å². The third-order valence-electron chi connectivity index (χ3n) is 2.31. The summed E-state index contributed by atoms with van der Waals surface area (Å²) >= 11 is 0. The van der Waals surface area contributed by atoms with Gasteiger partial charge < -0.3 is 0 Å². The summed E-state index contributed by atoms with van der Waals surface area (Å²) in [7, 11) is -4.53. The topological polar surface area (TPSA) is 76.4 Å². The molecule has 1 N–H and O–H groups in total. The Morgan fingerprint density at radius 3 is 2.44 bits per heavy atom. The van der Waals surface area contributed by atoms with Crippen LogP contribution in [0.4, 0.5) is 4.39 Å². The molecular weight excluding hydrogens is 272 g/mol. The number of nitrogens with zero attached hydrogens (tertiary/aromatic N) is 1. The van der Waals surface area contributed by atoms with Crippen LogP contribution >= 0.6 is 0 Å². The summed E-state index contributed by atoms with van der Waals surface area (Å²) in [5, 5.41) is -0.208. The van der Waals surface area contributed by atoms with Gasteiger partial charge in [0.25, 0.3) is 0 Å². The molecule has 2 rings (SSSR count). The SMILES string of the molecule is CC(=O)n1c(S(=O)(=O)O)cc2ccc(F)cc21.[NaH].